The largest absolute Gasteiger partial charge is 0.469 e. The van der Waals surface area contributed by atoms with Gasteiger partial charge in [-0.25, -0.2) is 4.68 Å². The van der Waals surface area contributed by atoms with Gasteiger partial charge in [-0.2, -0.15) is 0 Å². The summed E-state index contributed by atoms with van der Waals surface area (Å²) < 4.78 is 11.9. The molecule has 1 saturated heterocycles. The zero-order valence-electron chi connectivity index (χ0n) is 12.2. The lowest BCUT2D eigenvalue weighted by molar-refractivity contribution is -0.132. The Balaban J connectivity index is 1.65. The van der Waals surface area contributed by atoms with Crippen LogP contribution in [0, 0.1) is 6.92 Å². The molecule has 0 radical (unpaired) electrons. The Kier molecular flexibility index (Phi) is 4.34. The summed E-state index contributed by atoms with van der Waals surface area (Å²) in [5.74, 6) is 7.59. The molecule has 0 unspecified atom stereocenters. The Morgan fingerprint density at radius 2 is 2.18 bits per heavy atom. The first-order chi connectivity index (χ1) is 10.7. The molecule has 118 valence electrons. The van der Waals surface area contributed by atoms with E-state index in [1.165, 1.54) is 16.4 Å². The van der Waals surface area contributed by atoms with Gasteiger partial charge in [0.15, 0.2) is 5.82 Å². The van der Waals surface area contributed by atoms with Crippen LogP contribution < -0.4 is 5.84 Å². The molecule has 3 rings (SSSR count). The molecule has 2 aromatic rings. The predicted octanol–water partition coefficient (Wildman–Crippen LogP) is 0.511. The average Bonchev–Trinajstić information content (AvgIpc) is 3.11. The molecule has 2 N–H and O–H groups in total. The molecule has 8 nitrogen and oxygen atoms in total. The molecule has 0 bridgehead atoms. The topological polar surface area (TPSA) is 99.4 Å². The second-order valence-corrected chi connectivity index (χ2v) is 5.79. The third-order valence-corrected chi connectivity index (χ3v) is 4.38. The number of aromatic nitrogens is 3. The van der Waals surface area contributed by atoms with Gasteiger partial charge < -0.3 is 19.9 Å². The van der Waals surface area contributed by atoms with E-state index in [4.69, 9.17) is 15.0 Å². The van der Waals surface area contributed by atoms with Crippen LogP contribution in [0.2, 0.25) is 0 Å². The second-order valence-electron chi connectivity index (χ2n) is 4.85. The third-order valence-electron chi connectivity index (χ3n) is 3.45. The molecule has 1 fully saturated rings. The van der Waals surface area contributed by atoms with Crippen molar-refractivity contribution < 1.29 is 13.9 Å². The summed E-state index contributed by atoms with van der Waals surface area (Å²) in [7, 11) is 0. The quantitative estimate of drug-likeness (QED) is 0.646. The van der Waals surface area contributed by atoms with Crippen molar-refractivity contribution in [2.75, 3.05) is 37.9 Å². The van der Waals surface area contributed by atoms with Gasteiger partial charge >= 0.3 is 0 Å². The molecule has 1 amide bonds. The molecule has 0 spiro atoms. The van der Waals surface area contributed by atoms with Gasteiger partial charge in [-0.1, -0.05) is 11.8 Å². The van der Waals surface area contributed by atoms with E-state index < -0.39 is 0 Å². The summed E-state index contributed by atoms with van der Waals surface area (Å²) in [6.07, 6.45) is 1.58. The zero-order valence-corrected chi connectivity index (χ0v) is 13.0. The number of thioether (sulfide) groups is 1. The molecule has 0 aromatic carbocycles. The maximum Gasteiger partial charge on any atom is 0.233 e. The van der Waals surface area contributed by atoms with E-state index in [2.05, 4.69) is 10.2 Å². The monoisotopic (exact) mass is 323 g/mol. The minimum Gasteiger partial charge on any atom is -0.469 e. The van der Waals surface area contributed by atoms with Crippen LogP contribution in [0.25, 0.3) is 11.4 Å². The van der Waals surface area contributed by atoms with E-state index in [-0.39, 0.29) is 11.7 Å². The number of morpholine rings is 1. The van der Waals surface area contributed by atoms with Crippen LogP contribution in [0.1, 0.15) is 5.76 Å². The van der Waals surface area contributed by atoms with Crippen molar-refractivity contribution in [3.63, 3.8) is 0 Å². The molecule has 0 aliphatic carbocycles. The van der Waals surface area contributed by atoms with Crippen LogP contribution in [0.3, 0.4) is 0 Å². The number of carbonyl (C=O) groups excluding carboxylic acids is 1. The fraction of sp³-hybridized carbons (Fsp3) is 0.462. The highest BCUT2D eigenvalue weighted by molar-refractivity contribution is 7.99. The van der Waals surface area contributed by atoms with E-state index in [0.717, 1.165) is 11.3 Å². The van der Waals surface area contributed by atoms with Gasteiger partial charge in [0.05, 0.1) is 30.8 Å². The van der Waals surface area contributed by atoms with Gasteiger partial charge in [0.2, 0.25) is 11.1 Å². The van der Waals surface area contributed by atoms with Crippen LogP contribution >= 0.6 is 11.8 Å². The van der Waals surface area contributed by atoms with Crippen molar-refractivity contribution in [2.24, 2.45) is 0 Å². The second kappa shape index (κ2) is 6.41. The van der Waals surface area contributed by atoms with Crippen LogP contribution in [0.15, 0.2) is 21.9 Å². The summed E-state index contributed by atoms with van der Waals surface area (Å²) in [4.78, 5) is 13.9. The van der Waals surface area contributed by atoms with E-state index in [9.17, 15) is 4.79 Å². The Morgan fingerprint density at radius 1 is 1.41 bits per heavy atom. The molecule has 22 heavy (non-hydrogen) atoms. The van der Waals surface area contributed by atoms with Crippen molar-refractivity contribution in [3.05, 3.63) is 18.1 Å². The van der Waals surface area contributed by atoms with Crippen LogP contribution in [-0.2, 0) is 9.53 Å². The minimum atomic E-state index is 0.0531. The fourth-order valence-electron chi connectivity index (χ4n) is 2.21. The van der Waals surface area contributed by atoms with E-state index >= 15 is 0 Å². The number of carbonyl (C=O) groups is 1. The van der Waals surface area contributed by atoms with Gasteiger partial charge in [0.1, 0.15) is 5.76 Å². The number of nitrogen functional groups attached to an aromatic ring is 1. The van der Waals surface area contributed by atoms with Gasteiger partial charge in [-0.3, -0.25) is 4.79 Å². The standard InChI is InChI=1S/C13H17N5O3S/c1-9-10(2-5-21-9)12-15-16-13(18(12)14)22-8-11(19)17-3-6-20-7-4-17/h2,5H,3-4,6-8,14H2,1H3. The Bertz CT molecular complexity index is 662. The Labute approximate surface area is 131 Å². The summed E-state index contributed by atoms with van der Waals surface area (Å²) in [6, 6.07) is 1.79. The SMILES string of the molecule is Cc1occc1-c1nnc(SCC(=O)N2CCOCC2)n1N. The summed E-state index contributed by atoms with van der Waals surface area (Å²) in [6.45, 7) is 4.28. The number of rotatable bonds is 4. The lowest BCUT2D eigenvalue weighted by atomic mass is 10.2. The van der Waals surface area contributed by atoms with Crippen LogP contribution in [0.4, 0.5) is 0 Å². The number of ether oxygens (including phenoxy) is 1. The average molecular weight is 323 g/mol. The normalized spacial score (nSPS) is 15.2. The summed E-state index contributed by atoms with van der Waals surface area (Å²) >= 11 is 1.27. The van der Waals surface area contributed by atoms with E-state index in [0.29, 0.717) is 37.3 Å². The van der Waals surface area contributed by atoms with Crippen LogP contribution in [-0.4, -0.2) is 57.7 Å². The molecule has 1 aliphatic rings. The molecule has 2 aromatic heterocycles. The molecule has 1 aliphatic heterocycles. The smallest absolute Gasteiger partial charge is 0.233 e. The molecule has 9 heteroatoms. The van der Waals surface area contributed by atoms with Crippen molar-refractivity contribution in [1.29, 1.82) is 0 Å². The highest BCUT2D eigenvalue weighted by atomic mass is 32.2. The van der Waals surface area contributed by atoms with Gasteiger partial charge in [-0.05, 0) is 13.0 Å². The van der Waals surface area contributed by atoms with Crippen molar-refractivity contribution in [3.8, 4) is 11.4 Å². The van der Waals surface area contributed by atoms with E-state index in [1.807, 2.05) is 6.92 Å². The maximum atomic E-state index is 12.1. The minimum absolute atomic E-state index is 0.0531. The Hall–Kier alpha value is -2.00. The first kappa shape index (κ1) is 14.9. The summed E-state index contributed by atoms with van der Waals surface area (Å²) in [5.41, 5.74) is 0.793. The third kappa shape index (κ3) is 2.95. The van der Waals surface area contributed by atoms with E-state index in [1.54, 1.807) is 17.2 Å². The lowest BCUT2D eigenvalue weighted by Crippen LogP contribution is -2.41. The molecule has 0 atom stereocenters. The maximum absolute atomic E-state index is 12.1. The first-order valence-electron chi connectivity index (χ1n) is 6.90. The van der Waals surface area contributed by atoms with Crippen LogP contribution in [0.5, 0.6) is 0 Å². The number of furan rings is 1. The molecule has 0 saturated carbocycles. The number of aryl methyl sites for hydroxylation is 1. The number of nitrogens with two attached hydrogens (primary N) is 1. The molecular weight excluding hydrogens is 306 g/mol. The highest BCUT2D eigenvalue weighted by Gasteiger charge is 2.20. The summed E-state index contributed by atoms with van der Waals surface area (Å²) in [5, 5.41) is 8.61. The number of nitrogens with zero attached hydrogens (tertiary/aromatic N) is 4. The molecule has 3 heterocycles. The predicted molar refractivity (Wildman–Crippen MR) is 80.7 cm³/mol. The zero-order chi connectivity index (χ0) is 15.5. The number of hydrogen-bond acceptors (Lipinski definition) is 7. The lowest BCUT2D eigenvalue weighted by Gasteiger charge is -2.26. The van der Waals surface area contributed by atoms with Crippen molar-refractivity contribution >= 4 is 17.7 Å². The molecular formula is C13H17N5O3S. The van der Waals surface area contributed by atoms with Crippen molar-refractivity contribution in [1.82, 2.24) is 19.8 Å². The fourth-order valence-corrected chi connectivity index (χ4v) is 2.97. The highest BCUT2D eigenvalue weighted by Crippen LogP contribution is 2.25. The number of hydrogen-bond donors (Lipinski definition) is 1. The van der Waals surface area contributed by atoms with Gasteiger partial charge in [0, 0.05) is 13.1 Å². The Morgan fingerprint density at radius 3 is 2.86 bits per heavy atom. The van der Waals surface area contributed by atoms with Gasteiger partial charge in [0.25, 0.3) is 0 Å². The van der Waals surface area contributed by atoms with Crippen molar-refractivity contribution in [2.45, 2.75) is 12.1 Å². The number of amides is 1. The van der Waals surface area contributed by atoms with Gasteiger partial charge in [-0.15, -0.1) is 10.2 Å². The first-order valence-corrected chi connectivity index (χ1v) is 7.88.